The van der Waals surface area contributed by atoms with E-state index in [1.54, 1.807) is 0 Å². The summed E-state index contributed by atoms with van der Waals surface area (Å²) < 4.78 is 0. The molecule has 0 heterocycles. The summed E-state index contributed by atoms with van der Waals surface area (Å²) in [5.74, 6) is 1.07. The molecule has 0 saturated heterocycles. The van der Waals surface area contributed by atoms with Gasteiger partial charge >= 0.3 is 0 Å². The van der Waals surface area contributed by atoms with Crippen molar-refractivity contribution in [1.29, 1.82) is 0 Å². The summed E-state index contributed by atoms with van der Waals surface area (Å²) in [6.07, 6.45) is 16.8. The van der Waals surface area contributed by atoms with Gasteiger partial charge in [0.1, 0.15) is 5.78 Å². The Balaban J connectivity index is 2.03. The molecule has 2 rings (SSSR count). The standard InChI is InChI=1S/C14H18O/c15-14-9-5-8-13(10-11-14)12-6-3-1-2-4-7-12/h1-3,6-7,13H,4-5,8-11H2. The van der Waals surface area contributed by atoms with Gasteiger partial charge in [0.15, 0.2) is 0 Å². The average molecular weight is 202 g/mol. The van der Waals surface area contributed by atoms with Crippen molar-refractivity contribution < 1.29 is 4.79 Å². The maximum absolute atomic E-state index is 11.3. The molecule has 0 aromatic carbocycles. The van der Waals surface area contributed by atoms with E-state index in [1.807, 2.05) is 0 Å². The number of allylic oxidation sites excluding steroid dienone is 6. The van der Waals surface area contributed by atoms with Gasteiger partial charge in [-0.15, -0.1) is 0 Å². The van der Waals surface area contributed by atoms with Crippen LogP contribution in [0.25, 0.3) is 0 Å². The first-order valence-electron chi connectivity index (χ1n) is 5.91. The smallest absolute Gasteiger partial charge is 0.132 e. The Morgan fingerprint density at radius 1 is 1.13 bits per heavy atom. The molecule has 0 aliphatic heterocycles. The number of Topliss-reactive ketones (excluding diaryl/α,β-unsaturated/α-hetero) is 1. The van der Waals surface area contributed by atoms with Crippen LogP contribution in [-0.2, 0) is 4.79 Å². The van der Waals surface area contributed by atoms with E-state index in [-0.39, 0.29) is 0 Å². The lowest BCUT2D eigenvalue weighted by atomic mass is 9.91. The number of hydrogen-bond acceptors (Lipinski definition) is 1. The molecule has 1 saturated carbocycles. The Morgan fingerprint density at radius 3 is 3.00 bits per heavy atom. The minimum atomic E-state index is 0.453. The Morgan fingerprint density at radius 2 is 2.07 bits per heavy atom. The monoisotopic (exact) mass is 202 g/mol. The molecular weight excluding hydrogens is 184 g/mol. The highest BCUT2D eigenvalue weighted by atomic mass is 16.1. The molecule has 2 aliphatic carbocycles. The van der Waals surface area contributed by atoms with Gasteiger partial charge in [-0.3, -0.25) is 4.79 Å². The lowest BCUT2D eigenvalue weighted by Crippen LogP contribution is -2.01. The van der Waals surface area contributed by atoms with Crippen LogP contribution in [0.2, 0.25) is 0 Å². The van der Waals surface area contributed by atoms with Gasteiger partial charge in [0.2, 0.25) is 0 Å². The van der Waals surface area contributed by atoms with E-state index in [1.165, 1.54) is 12.0 Å². The van der Waals surface area contributed by atoms with Crippen LogP contribution in [0.3, 0.4) is 0 Å². The number of carbonyl (C=O) groups is 1. The first kappa shape index (κ1) is 10.4. The molecule has 0 N–H and O–H groups in total. The zero-order valence-corrected chi connectivity index (χ0v) is 9.11. The van der Waals surface area contributed by atoms with Crippen LogP contribution in [0.1, 0.15) is 38.5 Å². The molecule has 1 fully saturated rings. The van der Waals surface area contributed by atoms with E-state index in [4.69, 9.17) is 0 Å². The molecule has 1 heteroatoms. The lowest BCUT2D eigenvalue weighted by Gasteiger charge is -2.14. The van der Waals surface area contributed by atoms with Crippen LogP contribution in [-0.4, -0.2) is 5.78 Å². The quantitative estimate of drug-likeness (QED) is 0.594. The number of ketones is 1. The highest BCUT2D eigenvalue weighted by molar-refractivity contribution is 5.78. The van der Waals surface area contributed by atoms with Crippen molar-refractivity contribution in [1.82, 2.24) is 0 Å². The minimum absolute atomic E-state index is 0.453. The molecule has 0 radical (unpaired) electrons. The van der Waals surface area contributed by atoms with Crippen molar-refractivity contribution in [2.24, 2.45) is 5.92 Å². The highest BCUT2D eigenvalue weighted by Gasteiger charge is 2.18. The molecule has 1 unspecified atom stereocenters. The molecular formula is C14H18O. The van der Waals surface area contributed by atoms with Crippen LogP contribution in [0.4, 0.5) is 0 Å². The van der Waals surface area contributed by atoms with Crippen LogP contribution < -0.4 is 0 Å². The summed E-state index contributed by atoms with van der Waals surface area (Å²) >= 11 is 0. The first-order valence-corrected chi connectivity index (χ1v) is 5.91. The molecule has 0 spiro atoms. The van der Waals surface area contributed by atoms with Crippen LogP contribution >= 0.6 is 0 Å². The molecule has 0 bridgehead atoms. The topological polar surface area (TPSA) is 17.1 Å². The van der Waals surface area contributed by atoms with Crippen molar-refractivity contribution in [3.05, 3.63) is 36.0 Å². The summed E-state index contributed by atoms with van der Waals surface area (Å²) in [4.78, 5) is 11.3. The van der Waals surface area contributed by atoms with Gasteiger partial charge < -0.3 is 0 Å². The molecule has 0 amide bonds. The van der Waals surface area contributed by atoms with Gasteiger partial charge in [-0.05, 0) is 37.2 Å². The second-order valence-corrected chi connectivity index (χ2v) is 4.39. The fraction of sp³-hybridized carbons (Fsp3) is 0.500. The first-order chi connectivity index (χ1) is 7.36. The van der Waals surface area contributed by atoms with Crippen molar-refractivity contribution in [2.45, 2.75) is 38.5 Å². The number of carbonyl (C=O) groups excluding carboxylic acids is 1. The molecule has 80 valence electrons. The van der Waals surface area contributed by atoms with Gasteiger partial charge in [0.05, 0.1) is 0 Å². The Hall–Kier alpha value is -1.11. The minimum Gasteiger partial charge on any atom is -0.300 e. The van der Waals surface area contributed by atoms with Crippen LogP contribution in [0.5, 0.6) is 0 Å². The van der Waals surface area contributed by atoms with Crippen molar-refractivity contribution in [3.8, 4) is 0 Å². The SMILES string of the molecule is O=C1CCCC(C2=CCC=CC=C2)CC1. The lowest BCUT2D eigenvalue weighted by molar-refractivity contribution is -0.118. The largest absolute Gasteiger partial charge is 0.300 e. The second-order valence-electron chi connectivity index (χ2n) is 4.39. The molecule has 1 nitrogen and oxygen atoms in total. The fourth-order valence-corrected chi connectivity index (χ4v) is 2.38. The van der Waals surface area contributed by atoms with Gasteiger partial charge in [0.25, 0.3) is 0 Å². The number of hydrogen-bond donors (Lipinski definition) is 0. The Kier molecular flexibility index (Phi) is 3.54. The molecule has 0 aromatic rings. The van der Waals surface area contributed by atoms with Gasteiger partial charge in [0, 0.05) is 12.8 Å². The van der Waals surface area contributed by atoms with E-state index in [0.717, 1.165) is 32.1 Å². The molecule has 15 heavy (non-hydrogen) atoms. The highest BCUT2D eigenvalue weighted by Crippen LogP contribution is 2.29. The second kappa shape index (κ2) is 5.11. The average Bonchev–Trinajstić information content (AvgIpc) is 2.59. The summed E-state index contributed by atoms with van der Waals surface area (Å²) in [5.41, 5.74) is 1.44. The zero-order valence-electron chi connectivity index (χ0n) is 9.11. The third-order valence-electron chi connectivity index (χ3n) is 3.28. The predicted octanol–water partition coefficient (Wildman–Crippen LogP) is 3.58. The van der Waals surface area contributed by atoms with Gasteiger partial charge in [-0.25, -0.2) is 0 Å². The van der Waals surface area contributed by atoms with E-state index >= 15 is 0 Å². The fourth-order valence-electron chi connectivity index (χ4n) is 2.38. The van der Waals surface area contributed by atoms with Crippen LogP contribution in [0.15, 0.2) is 36.0 Å². The molecule has 0 aromatic heterocycles. The van der Waals surface area contributed by atoms with Gasteiger partial charge in [-0.1, -0.05) is 30.4 Å². The van der Waals surface area contributed by atoms with Crippen molar-refractivity contribution >= 4 is 5.78 Å². The van der Waals surface area contributed by atoms with Gasteiger partial charge in [-0.2, -0.15) is 0 Å². The molecule has 2 aliphatic rings. The van der Waals surface area contributed by atoms with E-state index in [0.29, 0.717) is 11.7 Å². The normalized spacial score (nSPS) is 27.1. The third-order valence-corrected chi connectivity index (χ3v) is 3.28. The Labute approximate surface area is 91.6 Å². The summed E-state index contributed by atoms with van der Waals surface area (Å²) in [6.45, 7) is 0. The van der Waals surface area contributed by atoms with E-state index in [2.05, 4.69) is 30.4 Å². The van der Waals surface area contributed by atoms with Crippen molar-refractivity contribution in [2.75, 3.05) is 0 Å². The summed E-state index contributed by atoms with van der Waals surface area (Å²) in [5, 5.41) is 0. The third kappa shape index (κ3) is 2.92. The zero-order chi connectivity index (χ0) is 10.5. The Bertz CT molecular complexity index is 320. The number of rotatable bonds is 1. The predicted molar refractivity (Wildman–Crippen MR) is 62.6 cm³/mol. The maximum Gasteiger partial charge on any atom is 0.132 e. The van der Waals surface area contributed by atoms with E-state index < -0.39 is 0 Å². The summed E-state index contributed by atoms with van der Waals surface area (Å²) in [6, 6.07) is 0. The van der Waals surface area contributed by atoms with Crippen molar-refractivity contribution in [3.63, 3.8) is 0 Å². The van der Waals surface area contributed by atoms with E-state index in [9.17, 15) is 4.79 Å². The summed E-state index contributed by atoms with van der Waals surface area (Å²) in [7, 11) is 0. The maximum atomic E-state index is 11.3. The molecule has 1 atom stereocenters. The van der Waals surface area contributed by atoms with Crippen LogP contribution in [0, 0.1) is 5.92 Å².